The monoisotopic (exact) mass is 435 g/mol. The Bertz CT molecular complexity index is 1530. The van der Waals surface area contributed by atoms with E-state index in [-0.39, 0.29) is 18.0 Å². The molecule has 1 N–H and O–H groups in total. The minimum atomic E-state index is -0.214. The average molecular weight is 435 g/mol. The van der Waals surface area contributed by atoms with Gasteiger partial charge in [0.25, 0.3) is 11.5 Å². The van der Waals surface area contributed by atoms with Gasteiger partial charge in [-0.1, -0.05) is 30.3 Å². The van der Waals surface area contributed by atoms with Gasteiger partial charge in [-0.25, -0.2) is 9.97 Å². The van der Waals surface area contributed by atoms with Gasteiger partial charge in [0.05, 0.1) is 34.2 Å². The van der Waals surface area contributed by atoms with Crippen LogP contribution in [0.15, 0.2) is 83.9 Å². The van der Waals surface area contributed by atoms with Crippen molar-refractivity contribution in [3.63, 3.8) is 0 Å². The van der Waals surface area contributed by atoms with Crippen LogP contribution in [0.2, 0.25) is 0 Å². The van der Waals surface area contributed by atoms with Crippen LogP contribution >= 0.6 is 0 Å². The molecule has 0 spiro atoms. The lowest BCUT2D eigenvalue weighted by Crippen LogP contribution is -2.32. The Morgan fingerprint density at radius 1 is 0.909 bits per heavy atom. The van der Waals surface area contributed by atoms with Crippen LogP contribution in [0.4, 0.5) is 0 Å². The zero-order valence-electron chi connectivity index (χ0n) is 18.0. The van der Waals surface area contributed by atoms with E-state index in [4.69, 9.17) is 4.98 Å². The number of rotatable bonds is 5. The predicted octanol–water partition coefficient (Wildman–Crippen LogP) is 4.20. The van der Waals surface area contributed by atoms with Gasteiger partial charge in [0.2, 0.25) is 0 Å². The zero-order valence-corrected chi connectivity index (χ0v) is 18.0. The second-order valence-electron chi connectivity index (χ2n) is 7.66. The van der Waals surface area contributed by atoms with Crippen molar-refractivity contribution in [3.8, 4) is 11.3 Å². The van der Waals surface area contributed by atoms with E-state index < -0.39 is 0 Å². The van der Waals surface area contributed by atoms with Gasteiger partial charge in [-0.05, 0) is 43.3 Å². The van der Waals surface area contributed by atoms with E-state index in [2.05, 4.69) is 15.0 Å². The summed E-state index contributed by atoms with van der Waals surface area (Å²) in [5.74, 6) is 0.295. The molecule has 33 heavy (non-hydrogen) atoms. The molecule has 3 heterocycles. The number of carbonyl (C=O) groups is 1. The first-order valence-corrected chi connectivity index (χ1v) is 10.7. The van der Waals surface area contributed by atoms with Gasteiger partial charge in [-0.3, -0.25) is 14.6 Å². The summed E-state index contributed by atoms with van der Waals surface area (Å²) in [6.07, 6.45) is 3.40. The molecule has 162 valence electrons. The lowest BCUT2D eigenvalue weighted by atomic mass is 10.0. The first kappa shape index (κ1) is 20.5. The molecule has 0 fully saturated rings. The lowest BCUT2D eigenvalue weighted by Gasteiger charge is -2.21. The second kappa shape index (κ2) is 8.63. The van der Waals surface area contributed by atoms with E-state index in [0.29, 0.717) is 34.5 Å². The van der Waals surface area contributed by atoms with E-state index >= 15 is 0 Å². The van der Waals surface area contributed by atoms with Crippen molar-refractivity contribution < 1.29 is 4.79 Å². The van der Waals surface area contributed by atoms with E-state index in [1.165, 1.54) is 0 Å². The fourth-order valence-electron chi connectivity index (χ4n) is 3.91. The number of hydrogen-bond acceptors (Lipinski definition) is 5. The van der Waals surface area contributed by atoms with Gasteiger partial charge < -0.3 is 9.88 Å². The molecule has 7 heteroatoms. The second-order valence-corrected chi connectivity index (χ2v) is 7.66. The first-order chi connectivity index (χ1) is 16.1. The van der Waals surface area contributed by atoms with Crippen molar-refractivity contribution in [2.75, 3.05) is 6.54 Å². The number of hydrogen-bond donors (Lipinski definition) is 1. The van der Waals surface area contributed by atoms with E-state index in [1.54, 1.807) is 35.5 Å². The molecule has 5 aromatic rings. The maximum Gasteiger partial charge on any atom is 0.258 e. The first-order valence-electron chi connectivity index (χ1n) is 10.7. The number of pyridine rings is 2. The van der Waals surface area contributed by atoms with Gasteiger partial charge in [0, 0.05) is 29.9 Å². The third-order valence-corrected chi connectivity index (χ3v) is 5.59. The highest BCUT2D eigenvalue weighted by Gasteiger charge is 2.20. The van der Waals surface area contributed by atoms with Crippen molar-refractivity contribution in [1.82, 2.24) is 24.8 Å². The van der Waals surface area contributed by atoms with Gasteiger partial charge in [-0.15, -0.1) is 0 Å². The Labute approximate surface area is 189 Å². The number of carbonyl (C=O) groups excluding carboxylic acids is 1. The van der Waals surface area contributed by atoms with Gasteiger partial charge in [0.15, 0.2) is 0 Å². The highest BCUT2D eigenvalue weighted by atomic mass is 16.2. The maximum absolute atomic E-state index is 13.7. The highest BCUT2D eigenvalue weighted by molar-refractivity contribution is 6.07. The summed E-state index contributed by atoms with van der Waals surface area (Å²) in [5.41, 5.74) is 3.27. The summed E-state index contributed by atoms with van der Waals surface area (Å²) in [6.45, 7) is 2.55. The smallest absolute Gasteiger partial charge is 0.258 e. The molecule has 0 aliphatic carbocycles. The molecule has 0 radical (unpaired) electrons. The van der Waals surface area contributed by atoms with Crippen molar-refractivity contribution in [1.29, 1.82) is 0 Å². The molecule has 5 rings (SSSR count). The normalized spacial score (nSPS) is 11.1. The number of amides is 1. The van der Waals surface area contributed by atoms with Gasteiger partial charge in [0.1, 0.15) is 5.82 Å². The van der Waals surface area contributed by atoms with E-state index in [0.717, 1.165) is 16.5 Å². The number of benzene rings is 2. The number of aromatic nitrogens is 4. The molecule has 2 aromatic carbocycles. The topological polar surface area (TPSA) is 91.8 Å². The minimum absolute atomic E-state index is 0.151. The summed E-state index contributed by atoms with van der Waals surface area (Å²) in [7, 11) is 0. The van der Waals surface area contributed by atoms with E-state index in [9.17, 15) is 9.59 Å². The highest BCUT2D eigenvalue weighted by Crippen LogP contribution is 2.26. The van der Waals surface area contributed by atoms with Crippen molar-refractivity contribution in [3.05, 3.63) is 101 Å². The molecular weight excluding hydrogens is 414 g/mol. The van der Waals surface area contributed by atoms with Crippen LogP contribution in [0.25, 0.3) is 33.1 Å². The fraction of sp³-hybridized carbons (Fsp3) is 0.115. The van der Waals surface area contributed by atoms with Crippen molar-refractivity contribution >= 4 is 27.7 Å². The Kier molecular flexibility index (Phi) is 5.36. The maximum atomic E-state index is 13.7. The van der Waals surface area contributed by atoms with Crippen LogP contribution in [0.5, 0.6) is 0 Å². The molecule has 0 saturated heterocycles. The number of fused-ring (bicyclic) bond motifs is 2. The van der Waals surface area contributed by atoms with Crippen LogP contribution in [-0.2, 0) is 6.54 Å². The number of nitrogens with zero attached hydrogens (tertiary/aromatic N) is 4. The Balaban J connectivity index is 1.56. The van der Waals surface area contributed by atoms with E-state index in [1.807, 2.05) is 55.5 Å². The van der Waals surface area contributed by atoms with Crippen LogP contribution in [0, 0.1) is 0 Å². The van der Waals surface area contributed by atoms with Crippen LogP contribution in [-0.4, -0.2) is 37.3 Å². The predicted molar refractivity (Wildman–Crippen MR) is 128 cm³/mol. The third kappa shape index (κ3) is 3.96. The van der Waals surface area contributed by atoms with Crippen molar-refractivity contribution in [2.24, 2.45) is 0 Å². The number of nitrogens with one attached hydrogen (secondary N) is 1. The molecule has 0 aliphatic heterocycles. The molecule has 1 amide bonds. The Hall–Kier alpha value is -4.39. The van der Waals surface area contributed by atoms with Crippen molar-refractivity contribution in [2.45, 2.75) is 13.5 Å². The Morgan fingerprint density at radius 2 is 1.58 bits per heavy atom. The summed E-state index contributed by atoms with van der Waals surface area (Å²) < 4.78 is 0. The molecule has 0 aliphatic rings. The molecule has 0 atom stereocenters. The number of H-pyrrole nitrogens is 1. The SMILES string of the molecule is CCN(Cc1nc2ccccc2c(=O)[nH]1)C(=O)c1cc(-c2ccncc2)nc2ccccc12. The summed E-state index contributed by atoms with van der Waals surface area (Å²) in [4.78, 5) is 44.0. The quantitative estimate of drug-likeness (QED) is 0.447. The zero-order chi connectivity index (χ0) is 22.8. The lowest BCUT2D eigenvalue weighted by molar-refractivity contribution is 0.0750. The summed E-state index contributed by atoms with van der Waals surface area (Å²) in [5, 5.41) is 1.30. The molecule has 0 bridgehead atoms. The number of para-hydroxylation sites is 2. The molecule has 0 unspecified atom stereocenters. The summed E-state index contributed by atoms with van der Waals surface area (Å²) >= 11 is 0. The van der Waals surface area contributed by atoms with Gasteiger partial charge >= 0.3 is 0 Å². The Morgan fingerprint density at radius 3 is 2.30 bits per heavy atom. The molecule has 3 aromatic heterocycles. The van der Waals surface area contributed by atoms with Crippen LogP contribution in [0.3, 0.4) is 0 Å². The molecule has 7 nitrogen and oxygen atoms in total. The van der Waals surface area contributed by atoms with Crippen LogP contribution < -0.4 is 5.56 Å². The van der Waals surface area contributed by atoms with Gasteiger partial charge in [-0.2, -0.15) is 0 Å². The minimum Gasteiger partial charge on any atom is -0.331 e. The third-order valence-electron chi connectivity index (χ3n) is 5.59. The standard InChI is InChI=1S/C26H21N5O2/c1-2-31(16-24-29-22-10-6-4-8-19(22)25(32)30-24)26(33)20-15-23(17-11-13-27-14-12-17)28-21-9-5-3-7-18(20)21/h3-15H,2,16H2,1H3,(H,29,30,32). The number of aromatic amines is 1. The fourth-order valence-corrected chi connectivity index (χ4v) is 3.91. The van der Waals surface area contributed by atoms with Crippen LogP contribution in [0.1, 0.15) is 23.1 Å². The molecule has 0 saturated carbocycles. The summed E-state index contributed by atoms with van der Waals surface area (Å²) in [6, 6.07) is 20.3. The molecular formula is C26H21N5O2. The largest absolute Gasteiger partial charge is 0.331 e. The average Bonchev–Trinajstić information content (AvgIpc) is 2.87.